The first-order chi connectivity index (χ1) is 9.18. The highest BCUT2D eigenvalue weighted by Crippen LogP contribution is 2.51. The molecular formula is C16H22O3. The Morgan fingerprint density at radius 1 is 1.47 bits per heavy atom. The number of hydrogen-bond acceptors (Lipinski definition) is 3. The van der Waals surface area contributed by atoms with E-state index in [0.717, 1.165) is 29.9 Å². The molecule has 0 bridgehead atoms. The SMILES string of the molecule is CCC1CCCC12C[C@@H](O)c1cc(OC)ccc1O2. The highest BCUT2D eigenvalue weighted by Gasteiger charge is 2.48. The van der Waals surface area contributed by atoms with Gasteiger partial charge in [0.1, 0.15) is 17.1 Å². The molecule has 104 valence electrons. The van der Waals surface area contributed by atoms with Crippen molar-refractivity contribution in [1.29, 1.82) is 0 Å². The van der Waals surface area contributed by atoms with E-state index in [9.17, 15) is 5.11 Å². The summed E-state index contributed by atoms with van der Waals surface area (Å²) in [5, 5.41) is 10.5. The molecule has 1 spiro atoms. The minimum Gasteiger partial charge on any atom is -0.497 e. The third-order valence-corrected chi connectivity index (χ3v) is 4.82. The summed E-state index contributed by atoms with van der Waals surface area (Å²) in [6.07, 6.45) is 4.88. The lowest BCUT2D eigenvalue weighted by Gasteiger charge is -2.42. The van der Waals surface area contributed by atoms with Crippen LogP contribution in [0.5, 0.6) is 11.5 Å². The highest BCUT2D eigenvalue weighted by molar-refractivity contribution is 5.44. The van der Waals surface area contributed by atoms with Crippen LogP contribution in [-0.4, -0.2) is 17.8 Å². The molecule has 1 fully saturated rings. The maximum absolute atomic E-state index is 10.5. The van der Waals surface area contributed by atoms with Gasteiger partial charge in [0.05, 0.1) is 13.2 Å². The number of rotatable bonds is 2. The normalized spacial score (nSPS) is 33.0. The van der Waals surface area contributed by atoms with Crippen LogP contribution in [0.3, 0.4) is 0 Å². The summed E-state index contributed by atoms with van der Waals surface area (Å²) in [5.74, 6) is 2.17. The van der Waals surface area contributed by atoms with Gasteiger partial charge in [0.25, 0.3) is 0 Å². The van der Waals surface area contributed by atoms with E-state index in [-0.39, 0.29) is 5.60 Å². The molecule has 1 aromatic carbocycles. The molecule has 3 heteroatoms. The van der Waals surface area contributed by atoms with Crippen LogP contribution in [0.1, 0.15) is 50.7 Å². The monoisotopic (exact) mass is 262 g/mol. The van der Waals surface area contributed by atoms with Crippen LogP contribution < -0.4 is 9.47 Å². The molecule has 0 amide bonds. The zero-order valence-electron chi connectivity index (χ0n) is 11.7. The van der Waals surface area contributed by atoms with Gasteiger partial charge in [0, 0.05) is 12.0 Å². The van der Waals surface area contributed by atoms with Gasteiger partial charge in [-0.25, -0.2) is 0 Å². The average molecular weight is 262 g/mol. The number of fused-ring (bicyclic) bond motifs is 1. The largest absolute Gasteiger partial charge is 0.497 e. The van der Waals surface area contributed by atoms with E-state index >= 15 is 0 Å². The lowest BCUT2D eigenvalue weighted by Crippen LogP contribution is -2.44. The summed E-state index contributed by atoms with van der Waals surface area (Å²) in [4.78, 5) is 0. The van der Waals surface area contributed by atoms with E-state index < -0.39 is 6.10 Å². The Labute approximate surface area is 114 Å². The Hall–Kier alpha value is -1.22. The molecule has 1 aliphatic heterocycles. The molecule has 19 heavy (non-hydrogen) atoms. The fraction of sp³-hybridized carbons (Fsp3) is 0.625. The van der Waals surface area contributed by atoms with E-state index in [1.54, 1.807) is 7.11 Å². The minimum atomic E-state index is -0.439. The van der Waals surface area contributed by atoms with Crippen molar-refractivity contribution in [2.75, 3.05) is 7.11 Å². The zero-order chi connectivity index (χ0) is 13.5. The second-order valence-electron chi connectivity index (χ2n) is 5.79. The van der Waals surface area contributed by atoms with Gasteiger partial charge in [-0.15, -0.1) is 0 Å². The Bertz CT molecular complexity index is 471. The zero-order valence-corrected chi connectivity index (χ0v) is 11.7. The maximum atomic E-state index is 10.5. The number of aliphatic hydroxyl groups is 1. The molecule has 3 atom stereocenters. The van der Waals surface area contributed by atoms with E-state index in [1.165, 1.54) is 12.8 Å². The molecule has 1 aromatic rings. The standard InChI is InChI=1S/C16H22O3/c1-3-11-5-4-8-16(11)10-14(17)13-9-12(18-2)6-7-15(13)19-16/h6-7,9,11,14,17H,3-5,8,10H2,1-2H3/t11?,14-,16?/m1/s1. The van der Waals surface area contributed by atoms with E-state index in [0.29, 0.717) is 12.3 Å². The van der Waals surface area contributed by atoms with Crippen molar-refractivity contribution < 1.29 is 14.6 Å². The highest BCUT2D eigenvalue weighted by atomic mass is 16.5. The molecule has 2 unspecified atom stereocenters. The molecule has 3 nitrogen and oxygen atoms in total. The van der Waals surface area contributed by atoms with Crippen LogP contribution in [0.25, 0.3) is 0 Å². The lowest BCUT2D eigenvalue weighted by atomic mass is 9.80. The third kappa shape index (κ3) is 2.00. The Morgan fingerprint density at radius 2 is 2.32 bits per heavy atom. The van der Waals surface area contributed by atoms with Crippen LogP contribution in [0.4, 0.5) is 0 Å². The van der Waals surface area contributed by atoms with Crippen LogP contribution in [-0.2, 0) is 0 Å². The summed E-state index contributed by atoms with van der Waals surface area (Å²) in [6.45, 7) is 2.22. The van der Waals surface area contributed by atoms with E-state index in [1.807, 2.05) is 18.2 Å². The first kappa shape index (κ1) is 12.8. The van der Waals surface area contributed by atoms with Crippen molar-refractivity contribution >= 4 is 0 Å². The van der Waals surface area contributed by atoms with E-state index in [2.05, 4.69) is 6.92 Å². The predicted octanol–water partition coefficient (Wildman–Crippen LogP) is 3.46. The first-order valence-corrected chi connectivity index (χ1v) is 7.23. The Morgan fingerprint density at radius 3 is 3.05 bits per heavy atom. The number of methoxy groups -OCH3 is 1. The fourth-order valence-electron chi connectivity index (χ4n) is 3.80. The number of aliphatic hydroxyl groups excluding tert-OH is 1. The number of hydrogen-bond donors (Lipinski definition) is 1. The van der Waals surface area contributed by atoms with Gasteiger partial charge in [-0.3, -0.25) is 0 Å². The van der Waals surface area contributed by atoms with Gasteiger partial charge >= 0.3 is 0 Å². The molecule has 1 heterocycles. The van der Waals surface area contributed by atoms with Crippen molar-refractivity contribution in [1.82, 2.24) is 0 Å². The van der Waals surface area contributed by atoms with Gasteiger partial charge in [-0.1, -0.05) is 6.92 Å². The molecule has 3 rings (SSSR count). The molecule has 1 N–H and O–H groups in total. The summed E-state index contributed by atoms with van der Waals surface area (Å²) in [5.41, 5.74) is 0.724. The minimum absolute atomic E-state index is 0.143. The van der Waals surface area contributed by atoms with Crippen molar-refractivity contribution in [3.05, 3.63) is 23.8 Å². The molecular weight excluding hydrogens is 240 g/mol. The Balaban J connectivity index is 1.96. The third-order valence-electron chi connectivity index (χ3n) is 4.82. The van der Waals surface area contributed by atoms with Gasteiger partial charge in [-0.2, -0.15) is 0 Å². The van der Waals surface area contributed by atoms with Gasteiger partial charge in [0.2, 0.25) is 0 Å². The number of benzene rings is 1. The second kappa shape index (κ2) is 4.71. The fourth-order valence-corrected chi connectivity index (χ4v) is 3.80. The predicted molar refractivity (Wildman–Crippen MR) is 73.6 cm³/mol. The van der Waals surface area contributed by atoms with Crippen LogP contribution >= 0.6 is 0 Å². The smallest absolute Gasteiger partial charge is 0.126 e. The second-order valence-corrected chi connectivity index (χ2v) is 5.79. The molecule has 2 aliphatic rings. The Kier molecular flexibility index (Phi) is 3.17. The summed E-state index contributed by atoms with van der Waals surface area (Å²) in [7, 11) is 1.64. The van der Waals surface area contributed by atoms with Crippen molar-refractivity contribution in [2.45, 2.75) is 50.7 Å². The molecule has 1 saturated carbocycles. The van der Waals surface area contributed by atoms with Gasteiger partial charge < -0.3 is 14.6 Å². The maximum Gasteiger partial charge on any atom is 0.126 e. The van der Waals surface area contributed by atoms with Crippen molar-refractivity contribution in [2.24, 2.45) is 5.92 Å². The van der Waals surface area contributed by atoms with Crippen molar-refractivity contribution in [3.8, 4) is 11.5 Å². The summed E-state index contributed by atoms with van der Waals surface area (Å²) >= 11 is 0. The molecule has 0 radical (unpaired) electrons. The first-order valence-electron chi connectivity index (χ1n) is 7.23. The molecule has 0 saturated heterocycles. The average Bonchev–Trinajstić information content (AvgIpc) is 2.80. The lowest BCUT2D eigenvalue weighted by molar-refractivity contribution is -0.0411. The van der Waals surface area contributed by atoms with E-state index in [4.69, 9.17) is 9.47 Å². The van der Waals surface area contributed by atoms with Gasteiger partial charge in [-0.05, 0) is 49.8 Å². The number of ether oxygens (including phenoxy) is 2. The van der Waals surface area contributed by atoms with Crippen molar-refractivity contribution in [3.63, 3.8) is 0 Å². The summed E-state index contributed by atoms with van der Waals surface area (Å²) < 4.78 is 11.6. The van der Waals surface area contributed by atoms with Gasteiger partial charge in [0.15, 0.2) is 0 Å². The van der Waals surface area contributed by atoms with Crippen LogP contribution in [0.2, 0.25) is 0 Å². The topological polar surface area (TPSA) is 38.7 Å². The quantitative estimate of drug-likeness (QED) is 0.887. The van der Waals surface area contributed by atoms with Crippen LogP contribution in [0, 0.1) is 5.92 Å². The summed E-state index contributed by atoms with van der Waals surface area (Å²) in [6, 6.07) is 5.73. The van der Waals surface area contributed by atoms with Crippen LogP contribution in [0.15, 0.2) is 18.2 Å². The molecule has 1 aliphatic carbocycles. The molecule has 0 aromatic heterocycles.